The van der Waals surface area contributed by atoms with Gasteiger partial charge in [0.05, 0.1) is 35.1 Å². The van der Waals surface area contributed by atoms with Crippen LogP contribution in [0.15, 0.2) is 97.3 Å². The molecule has 2 aliphatic rings. The first kappa shape index (κ1) is 33.7. The summed E-state index contributed by atoms with van der Waals surface area (Å²) in [7, 11) is 0. The Morgan fingerprint density at radius 1 is 0.942 bits per heavy atom. The van der Waals surface area contributed by atoms with Crippen molar-refractivity contribution in [1.29, 1.82) is 0 Å². The van der Waals surface area contributed by atoms with Crippen molar-refractivity contribution in [2.45, 2.75) is 31.8 Å². The van der Waals surface area contributed by atoms with Crippen molar-refractivity contribution < 1.29 is 9.59 Å². The summed E-state index contributed by atoms with van der Waals surface area (Å²) in [6.45, 7) is 4.99. The van der Waals surface area contributed by atoms with E-state index in [-0.39, 0.29) is 24.0 Å². The van der Waals surface area contributed by atoms with Crippen LogP contribution in [0.4, 0.5) is 21.9 Å². The molecule has 52 heavy (non-hydrogen) atoms. The first-order chi connectivity index (χ1) is 25.2. The number of aromatic nitrogens is 3. The molecule has 0 saturated carbocycles. The number of carbonyl (C=O) groups is 2. The molecule has 6 aromatic rings. The molecule has 0 radical (unpaired) electrons. The number of rotatable bonds is 8. The summed E-state index contributed by atoms with van der Waals surface area (Å²) in [4.78, 5) is 39.6. The van der Waals surface area contributed by atoms with Gasteiger partial charge in [-0.25, -0.2) is 9.78 Å². The molecule has 0 spiro atoms. The molecular formula is C40H38Cl2N8O2. The highest BCUT2D eigenvalue weighted by molar-refractivity contribution is 6.31. The molecule has 264 valence electrons. The predicted molar refractivity (Wildman–Crippen MR) is 209 cm³/mol. The summed E-state index contributed by atoms with van der Waals surface area (Å²) >= 11 is 12.8. The third-order valence-corrected chi connectivity index (χ3v) is 10.7. The number of H-pyrrole nitrogens is 1. The molecule has 2 fully saturated rings. The van der Waals surface area contributed by atoms with Crippen molar-refractivity contribution in [3.05, 3.63) is 119 Å². The maximum Gasteiger partial charge on any atom is 0.317 e. The lowest BCUT2D eigenvalue weighted by atomic mass is 9.99. The topological polar surface area (TPSA) is 124 Å². The van der Waals surface area contributed by atoms with Gasteiger partial charge in [-0.3, -0.25) is 4.79 Å². The first-order valence-electron chi connectivity index (χ1n) is 17.4. The van der Waals surface area contributed by atoms with E-state index in [0.717, 1.165) is 71.6 Å². The molecule has 4 aromatic carbocycles. The predicted octanol–water partition coefficient (Wildman–Crippen LogP) is 8.44. The zero-order valence-electron chi connectivity index (χ0n) is 28.6. The fraction of sp³-hybridized carbons (Fsp3) is 0.225. The minimum atomic E-state index is -0.330. The third kappa shape index (κ3) is 6.33. The second-order valence-corrected chi connectivity index (χ2v) is 14.3. The summed E-state index contributed by atoms with van der Waals surface area (Å²) in [5, 5.41) is 8.17. The number of nitrogens with one attached hydrogen (secondary N) is 3. The van der Waals surface area contributed by atoms with Crippen LogP contribution in [0, 0.1) is 0 Å². The van der Waals surface area contributed by atoms with E-state index in [9.17, 15) is 9.59 Å². The summed E-state index contributed by atoms with van der Waals surface area (Å²) in [6.07, 6.45) is 3.49. The van der Waals surface area contributed by atoms with Crippen LogP contribution in [0.25, 0.3) is 33.4 Å². The quantitative estimate of drug-likeness (QED) is 0.117. The second-order valence-electron chi connectivity index (χ2n) is 13.4. The Morgan fingerprint density at radius 3 is 2.42 bits per heavy atom. The van der Waals surface area contributed by atoms with Crippen molar-refractivity contribution in [3.63, 3.8) is 0 Å². The minimum absolute atomic E-state index is 0.00800. The maximum atomic E-state index is 14.7. The van der Waals surface area contributed by atoms with E-state index in [1.165, 1.54) is 0 Å². The van der Waals surface area contributed by atoms with Crippen LogP contribution in [-0.4, -0.2) is 63.6 Å². The lowest BCUT2D eigenvalue weighted by molar-refractivity contribution is 0.102. The van der Waals surface area contributed by atoms with Crippen LogP contribution >= 0.6 is 23.2 Å². The van der Waals surface area contributed by atoms with Crippen molar-refractivity contribution in [1.82, 2.24) is 24.8 Å². The van der Waals surface area contributed by atoms with Gasteiger partial charge in [0, 0.05) is 70.0 Å². The molecule has 2 aromatic heterocycles. The van der Waals surface area contributed by atoms with Crippen LogP contribution in [0.5, 0.6) is 0 Å². The van der Waals surface area contributed by atoms with E-state index in [1.54, 1.807) is 6.07 Å². The van der Waals surface area contributed by atoms with E-state index in [1.807, 2.05) is 96.2 Å². The zero-order valence-corrected chi connectivity index (χ0v) is 30.1. The number of halogens is 2. The molecule has 0 bridgehead atoms. The Labute approximate surface area is 311 Å². The van der Waals surface area contributed by atoms with Crippen molar-refractivity contribution in [3.8, 4) is 22.5 Å². The number of amides is 3. The highest BCUT2D eigenvalue weighted by Gasteiger charge is 2.32. The van der Waals surface area contributed by atoms with Gasteiger partial charge in [-0.2, -0.15) is 0 Å². The van der Waals surface area contributed by atoms with Crippen molar-refractivity contribution in [2.24, 2.45) is 0 Å². The Kier molecular flexibility index (Phi) is 9.02. The Morgan fingerprint density at radius 2 is 1.69 bits per heavy atom. The molecule has 2 aliphatic heterocycles. The van der Waals surface area contributed by atoms with Crippen molar-refractivity contribution >= 4 is 63.1 Å². The number of nitrogen functional groups attached to an aromatic ring is 1. The molecule has 3 amide bonds. The largest absolute Gasteiger partial charge is 0.399 e. The second kappa shape index (κ2) is 13.9. The Balaban J connectivity index is 1.21. The number of piperidine rings is 1. The average molecular weight is 734 g/mol. The number of aromatic amines is 1. The van der Waals surface area contributed by atoms with E-state index >= 15 is 0 Å². The Hall–Kier alpha value is -5.45. The summed E-state index contributed by atoms with van der Waals surface area (Å²) in [5.74, 6) is -0.330. The number of anilines is 3. The molecule has 1 atom stereocenters. The smallest absolute Gasteiger partial charge is 0.317 e. The number of benzene rings is 4. The van der Waals surface area contributed by atoms with Gasteiger partial charge in [0.25, 0.3) is 5.91 Å². The van der Waals surface area contributed by atoms with Gasteiger partial charge < -0.3 is 35.7 Å². The number of hydrogen-bond donors (Lipinski definition) is 4. The minimum Gasteiger partial charge on any atom is -0.399 e. The molecule has 10 nitrogen and oxygen atoms in total. The highest BCUT2D eigenvalue weighted by Crippen LogP contribution is 2.42. The summed E-state index contributed by atoms with van der Waals surface area (Å²) in [6, 6.07) is 29.0. The molecule has 4 heterocycles. The molecular weight excluding hydrogens is 695 g/mol. The lowest BCUT2D eigenvalue weighted by Crippen LogP contribution is -2.46. The number of hydrogen-bond acceptors (Lipinski definition) is 5. The molecule has 2 saturated heterocycles. The molecule has 8 rings (SSSR count). The van der Waals surface area contributed by atoms with Gasteiger partial charge in [-0.15, -0.1) is 0 Å². The third-order valence-electron chi connectivity index (χ3n) is 10.2. The fourth-order valence-corrected chi connectivity index (χ4v) is 7.86. The van der Waals surface area contributed by atoms with Gasteiger partial charge >= 0.3 is 6.03 Å². The van der Waals surface area contributed by atoms with Crippen LogP contribution in [0.1, 0.15) is 41.9 Å². The number of nitrogens with two attached hydrogens (primary N) is 1. The van der Waals surface area contributed by atoms with Crippen LogP contribution in [-0.2, 0) is 0 Å². The number of nitrogens with zero attached hydrogens (tertiary/aromatic N) is 4. The summed E-state index contributed by atoms with van der Waals surface area (Å²) < 4.78 is 2.11. The van der Waals surface area contributed by atoms with Crippen LogP contribution < -0.4 is 21.3 Å². The maximum absolute atomic E-state index is 14.7. The van der Waals surface area contributed by atoms with E-state index in [4.69, 9.17) is 33.9 Å². The lowest BCUT2D eigenvalue weighted by Gasteiger charge is -2.38. The van der Waals surface area contributed by atoms with Gasteiger partial charge in [-0.05, 0) is 67.8 Å². The van der Waals surface area contributed by atoms with Gasteiger partial charge in [0.15, 0.2) is 0 Å². The monoisotopic (exact) mass is 732 g/mol. The Bertz CT molecular complexity index is 2280. The number of fused-ring (bicyclic) bond motifs is 1. The van der Waals surface area contributed by atoms with Gasteiger partial charge in [0.1, 0.15) is 5.69 Å². The number of carbonyl (C=O) groups excluding carboxylic acids is 2. The molecule has 5 N–H and O–H groups in total. The fourth-order valence-electron chi connectivity index (χ4n) is 7.56. The molecule has 12 heteroatoms. The van der Waals surface area contributed by atoms with Gasteiger partial charge in [-0.1, -0.05) is 71.7 Å². The van der Waals surface area contributed by atoms with Gasteiger partial charge in [0.2, 0.25) is 0 Å². The standard InChI is InChI=1S/C40H38Cl2N8O2/c1-24(25-7-9-27(41)10-8-25)50-23-45-36(26-5-3-2-4-6-26)38(50)35-31-13-11-28(42)21-32(31)46-37(35)39(51)47-33-22-29(43)12-14-34(33)48-18-15-30(16-19-48)49-20-17-44-40(49)52/h2-14,21-24,30,46H,15-20,43H2,1H3,(H,44,52)(H,47,51)/t24-/m0/s1. The normalized spacial score (nSPS) is 15.6. The van der Waals surface area contributed by atoms with E-state index < -0.39 is 0 Å². The zero-order chi connectivity index (χ0) is 35.9. The SMILES string of the molecule is C[C@@H](c1ccc(Cl)cc1)n1cnc(-c2ccccc2)c1-c1c(C(=O)Nc2cc(N)ccc2N2CCC(N3CCNC3=O)CC2)[nH]c2cc(Cl)ccc12. The van der Waals surface area contributed by atoms with Crippen molar-refractivity contribution in [2.75, 3.05) is 42.1 Å². The van der Waals surface area contributed by atoms with E-state index in [2.05, 4.69) is 32.0 Å². The van der Waals surface area contributed by atoms with Crippen LogP contribution in [0.3, 0.4) is 0 Å². The summed E-state index contributed by atoms with van der Waals surface area (Å²) in [5.41, 5.74) is 13.6. The molecule has 0 aliphatic carbocycles. The highest BCUT2D eigenvalue weighted by atomic mass is 35.5. The number of urea groups is 1. The molecule has 0 unspecified atom stereocenters. The number of imidazole rings is 1. The first-order valence-corrected chi connectivity index (χ1v) is 18.2. The average Bonchev–Trinajstić information content (AvgIpc) is 3.88. The van der Waals surface area contributed by atoms with Crippen LogP contribution in [0.2, 0.25) is 10.0 Å². The van der Waals surface area contributed by atoms with E-state index in [0.29, 0.717) is 39.2 Å².